The highest BCUT2D eigenvalue weighted by atomic mass is 32.2. The minimum Gasteiger partial charge on any atom is -0.337 e. The Bertz CT molecular complexity index is 1440. The second kappa shape index (κ2) is 8.98. The number of aryl methyl sites for hydroxylation is 1. The molecule has 0 unspecified atom stereocenters. The van der Waals surface area contributed by atoms with Crippen molar-refractivity contribution < 1.29 is 26.4 Å². The maximum Gasteiger partial charge on any atom is 0.416 e. The van der Waals surface area contributed by atoms with E-state index in [0.717, 1.165) is 17.7 Å². The Morgan fingerprint density at radius 1 is 0.941 bits per heavy atom. The van der Waals surface area contributed by atoms with E-state index in [0.29, 0.717) is 16.5 Å². The smallest absolute Gasteiger partial charge is 0.337 e. The van der Waals surface area contributed by atoms with E-state index in [1.165, 1.54) is 22.9 Å². The van der Waals surface area contributed by atoms with Crippen LogP contribution in [0.15, 0.2) is 83.9 Å². The fraction of sp³-hybridized carbons (Fsp3) is 0.160. The summed E-state index contributed by atoms with van der Waals surface area (Å²) in [5, 5.41) is 3.05. The van der Waals surface area contributed by atoms with Crippen molar-refractivity contribution in [3.05, 3.63) is 95.7 Å². The van der Waals surface area contributed by atoms with Crippen LogP contribution in [0, 0.1) is 6.92 Å². The van der Waals surface area contributed by atoms with Gasteiger partial charge >= 0.3 is 6.18 Å². The monoisotopic (exact) mass is 486 g/mol. The molecule has 9 heteroatoms. The van der Waals surface area contributed by atoms with Crippen LogP contribution in [0.5, 0.6) is 0 Å². The fourth-order valence-corrected chi connectivity index (χ4v) is 5.25. The molecule has 1 N–H and O–H groups in total. The Morgan fingerprint density at radius 2 is 1.59 bits per heavy atom. The third-order valence-corrected chi connectivity index (χ3v) is 7.08. The molecule has 0 saturated heterocycles. The largest absolute Gasteiger partial charge is 0.416 e. The molecule has 0 bridgehead atoms. The van der Waals surface area contributed by atoms with Gasteiger partial charge in [-0.15, -0.1) is 0 Å². The number of carbonyl (C=O) groups excluding carboxylic acids is 1. The second-order valence-electron chi connectivity index (χ2n) is 8.01. The van der Waals surface area contributed by atoms with Crippen LogP contribution in [-0.4, -0.2) is 18.9 Å². The number of carbonyl (C=O) groups is 1. The Morgan fingerprint density at radius 3 is 2.24 bits per heavy atom. The first-order valence-electron chi connectivity index (χ1n) is 10.4. The number of hydrogen-bond acceptors (Lipinski definition) is 3. The Hall–Kier alpha value is -3.59. The van der Waals surface area contributed by atoms with Gasteiger partial charge < -0.3 is 9.88 Å². The highest BCUT2D eigenvalue weighted by Crippen LogP contribution is 2.30. The second-order valence-corrected chi connectivity index (χ2v) is 9.96. The SMILES string of the molecule is Cc1ccc(CS(=O)(=O)c2cn(CC(=O)Nc3ccc(C(F)(F)F)cc3)c3ccccc23)cc1. The highest BCUT2D eigenvalue weighted by Gasteiger charge is 2.30. The number of anilines is 1. The number of para-hydroxylation sites is 1. The van der Waals surface area contributed by atoms with Gasteiger partial charge in [-0.25, -0.2) is 8.42 Å². The van der Waals surface area contributed by atoms with Crippen molar-refractivity contribution in [3.8, 4) is 0 Å². The minimum absolute atomic E-state index is 0.117. The molecule has 176 valence electrons. The molecular formula is C25H21F3N2O3S. The summed E-state index contributed by atoms with van der Waals surface area (Å²) in [6, 6.07) is 18.2. The molecule has 1 aromatic heterocycles. The van der Waals surface area contributed by atoms with Crippen LogP contribution in [0.3, 0.4) is 0 Å². The average molecular weight is 487 g/mol. The molecule has 0 spiro atoms. The number of alkyl halides is 3. The number of sulfone groups is 1. The molecule has 0 aliphatic rings. The molecule has 34 heavy (non-hydrogen) atoms. The molecule has 4 rings (SSSR count). The molecule has 5 nitrogen and oxygen atoms in total. The van der Waals surface area contributed by atoms with Crippen LogP contribution in [0.2, 0.25) is 0 Å². The summed E-state index contributed by atoms with van der Waals surface area (Å²) in [6.45, 7) is 1.71. The van der Waals surface area contributed by atoms with Gasteiger partial charge in [-0.05, 0) is 42.8 Å². The summed E-state index contributed by atoms with van der Waals surface area (Å²) in [7, 11) is -3.70. The van der Waals surface area contributed by atoms with Crippen LogP contribution in [0.1, 0.15) is 16.7 Å². The maximum absolute atomic E-state index is 13.2. The van der Waals surface area contributed by atoms with E-state index in [9.17, 15) is 26.4 Å². The number of rotatable bonds is 6. The maximum atomic E-state index is 13.2. The van der Waals surface area contributed by atoms with E-state index >= 15 is 0 Å². The molecule has 0 aliphatic heterocycles. The van der Waals surface area contributed by atoms with Gasteiger partial charge in [-0.2, -0.15) is 13.2 Å². The number of amides is 1. The molecule has 1 heterocycles. The summed E-state index contributed by atoms with van der Waals surface area (Å²) in [4.78, 5) is 12.7. The molecular weight excluding hydrogens is 465 g/mol. The third-order valence-electron chi connectivity index (χ3n) is 5.37. The van der Waals surface area contributed by atoms with Gasteiger partial charge in [0.1, 0.15) is 6.54 Å². The molecule has 4 aromatic rings. The summed E-state index contributed by atoms with van der Waals surface area (Å²) in [5.41, 5.74) is 1.64. The molecule has 0 fully saturated rings. The first kappa shape index (κ1) is 23.6. The fourth-order valence-electron chi connectivity index (χ4n) is 3.67. The summed E-state index contributed by atoms with van der Waals surface area (Å²) in [5.74, 6) is -0.679. The molecule has 0 saturated carbocycles. The van der Waals surface area contributed by atoms with Crippen molar-refractivity contribution in [2.24, 2.45) is 0 Å². The molecule has 0 radical (unpaired) electrons. The van der Waals surface area contributed by atoms with E-state index in [4.69, 9.17) is 0 Å². The lowest BCUT2D eigenvalue weighted by Gasteiger charge is -2.09. The van der Waals surface area contributed by atoms with Crippen LogP contribution in [0.25, 0.3) is 10.9 Å². The van der Waals surface area contributed by atoms with Crippen LogP contribution in [0.4, 0.5) is 18.9 Å². The summed E-state index contributed by atoms with van der Waals surface area (Å²) in [6.07, 6.45) is -3.03. The minimum atomic E-state index is -4.47. The van der Waals surface area contributed by atoms with Gasteiger partial charge in [0.2, 0.25) is 5.91 Å². The van der Waals surface area contributed by atoms with E-state index in [-0.39, 0.29) is 22.9 Å². The van der Waals surface area contributed by atoms with Gasteiger partial charge in [0, 0.05) is 22.8 Å². The van der Waals surface area contributed by atoms with E-state index in [2.05, 4.69) is 5.32 Å². The summed E-state index contributed by atoms with van der Waals surface area (Å²) >= 11 is 0. The van der Waals surface area contributed by atoms with Crippen molar-refractivity contribution in [2.75, 3.05) is 5.32 Å². The predicted molar refractivity (Wildman–Crippen MR) is 124 cm³/mol. The highest BCUT2D eigenvalue weighted by molar-refractivity contribution is 7.90. The predicted octanol–water partition coefficient (Wildman–Crippen LogP) is 5.58. The van der Waals surface area contributed by atoms with E-state index in [1.807, 2.05) is 19.1 Å². The number of benzene rings is 3. The standard InChI is InChI=1S/C25H21F3N2O3S/c1-17-6-8-18(9-7-17)16-34(32,33)23-14-30(22-5-3-2-4-21(22)23)15-24(31)29-20-12-10-19(11-13-20)25(26,27)28/h2-14H,15-16H2,1H3,(H,29,31). The zero-order chi connectivity index (χ0) is 24.5. The number of halogens is 3. The first-order chi connectivity index (χ1) is 16.0. The lowest BCUT2D eigenvalue weighted by atomic mass is 10.2. The normalized spacial score (nSPS) is 12.1. The number of aromatic nitrogens is 1. The number of nitrogens with one attached hydrogen (secondary N) is 1. The topological polar surface area (TPSA) is 68.2 Å². The quantitative estimate of drug-likeness (QED) is 0.387. The van der Waals surface area contributed by atoms with Gasteiger partial charge in [0.15, 0.2) is 9.84 Å². The van der Waals surface area contributed by atoms with Gasteiger partial charge in [-0.1, -0.05) is 48.0 Å². The Kier molecular flexibility index (Phi) is 6.22. The number of hydrogen-bond donors (Lipinski definition) is 1. The van der Waals surface area contributed by atoms with Gasteiger partial charge in [-0.3, -0.25) is 4.79 Å². The third kappa shape index (κ3) is 5.14. The Labute approximate surface area is 194 Å². The lowest BCUT2D eigenvalue weighted by molar-refractivity contribution is -0.137. The van der Waals surface area contributed by atoms with Crippen molar-refractivity contribution in [2.45, 2.75) is 30.3 Å². The van der Waals surface area contributed by atoms with Crippen LogP contribution in [-0.2, 0) is 33.1 Å². The number of fused-ring (bicyclic) bond motifs is 1. The van der Waals surface area contributed by atoms with Crippen molar-refractivity contribution in [1.29, 1.82) is 0 Å². The van der Waals surface area contributed by atoms with Crippen molar-refractivity contribution in [1.82, 2.24) is 4.57 Å². The van der Waals surface area contributed by atoms with Gasteiger partial charge in [0.25, 0.3) is 0 Å². The molecule has 0 aliphatic carbocycles. The van der Waals surface area contributed by atoms with E-state index in [1.54, 1.807) is 36.4 Å². The van der Waals surface area contributed by atoms with Gasteiger partial charge in [0.05, 0.1) is 16.2 Å². The van der Waals surface area contributed by atoms with E-state index < -0.39 is 27.5 Å². The van der Waals surface area contributed by atoms with Crippen LogP contribution >= 0.6 is 0 Å². The van der Waals surface area contributed by atoms with Crippen LogP contribution < -0.4 is 5.32 Å². The lowest BCUT2D eigenvalue weighted by Crippen LogP contribution is -2.18. The van der Waals surface area contributed by atoms with Crippen molar-refractivity contribution >= 4 is 32.3 Å². The molecule has 3 aromatic carbocycles. The first-order valence-corrected chi connectivity index (χ1v) is 12.0. The summed E-state index contributed by atoms with van der Waals surface area (Å²) < 4.78 is 66.1. The average Bonchev–Trinajstić information content (AvgIpc) is 3.14. The molecule has 1 amide bonds. The Balaban J connectivity index is 1.58. The van der Waals surface area contributed by atoms with Crippen molar-refractivity contribution in [3.63, 3.8) is 0 Å². The zero-order valence-corrected chi connectivity index (χ0v) is 19.0. The number of nitrogens with zero attached hydrogens (tertiary/aromatic N) is 1. The zero-order valence-electron chi connectivity index (χ0n) is 18.1. The molecule has 0 atom stereocenters.